The van der Waals surface area contributed by atoms with E-state index in [9.17, 15) is 9.50 Å². The van der Waals surface area contributed by atoms with Gasteiger partial charge in [0.05, 0.1) is 5.60 Å². The normalized spacial score (nSPS) is 14.2. The second kappa shape index (κ2) is 5.43. The minimum absolute atomic E-state index is 0.245. The van der Waals surface area contributed by atoms with Crippen molar-refractivity contribution in [2.24, 2.45) is 0 Å². The van der Waals surface area contributed by atoms with Crippen LogP contribution in [0.5, 0.6) is 0 Å². The molecule has 100 valence electrons. The van der Waals surface area contributed by atoms with Gasteiger partial charge in [0.1, 0.15) is 5.82 Å². The highest BCUT2D eigenvalue weighted by Crippen LogP contribution is 2.27. The van der Waals surface area contributed by atoms with Crippen LogP contribution in [0, 0.1) is 12.7 Å². The highest BCUT2D eigenvalue weighted by Gasteiger charge is 2.24. The molecule has 1 atom stereocenters. The first-order chi connectivity index (χ1) is 8.88. The van der Waals surface area contributed by atoms with Crippen molar-refractivity contribution in [3.05, 3.63) is 69.4 Å². The van der Waals surface area contributed by atoms with Gasteiger partial charge in [0.2, 0.25) is 0 Å². The van der Waals surface area contributed by atoms with Crippen molar-refractivity contribution in [1.82, 2.24) is 0 Å². The first-order valence-electron chi connectivity index (χ1n) is 6.12. The highest BCUT2D eigenvalue weighted by molar-refractivity contribution is 9.10. The summed E-state index contributed by atoms with van der Waals surface area (Å²) in [5, 5.41) is 10.5. The maximum Gasteiger partial charge on any atom is 0.127 e. The minimum Gasteiger partial charge on any atom is -0.385 e. The third kappa shape index (κ3) is 3.43. The van der Waals surface area contributed by atoms with Gasteiger partial charge in [-0.2, -0.15) is 0 Å². The quantitative estimate of drug-likeness (QED) is 0.890. The molecule has 0 fully saturated rings. The predicted octanol–water partition coefficient (Wildman–Crippen LogP) is 4.35. The lowest BCUT2D eigenvalue weighted by Crippen LogP contribution is -2.24. The van der Waals surface area contributed by atoms with Crippen LogP contribution in [0.1, 0.15) is 23.6 Å². The zero-order valence-electron chi connectivity index (χ0n) is 11.0. The van der Waals surface area contributed by atoms with Crippen LogP contribution in [0.15, 0.2) is 46.9 Å². The average Bonchev–Trinajstić information content (AvgIpc) is 2.33. The number of hydrogen-bond donors (Lipinski definition) is 1. The van der Waals surface area contributed by atoms with E-state index in [4.69, 9.17) is 0 Å². The Kier molecular flexibility index (Phi) is 4.07. The van der Waals surface area contributed by atoms with Crippen molar-refractivity contribution >= 4 is 15.9 Å². The van der Waals surface area contributed by atoms with Crippen molar-refractivity contribution in [1.29, 1.82) is 0 Å². The lowest BCUT2D eigenvalue weighted by molar-refractivity contribution is 0.0567. The van der Waals surface area contributed by atoms with E-state index in [0.29, 0.717) is 10.0 Å². The monoisotopic (exact) mass is 322 g/mol. The van der Waals surface area contributed by atoms with Gasteiger partial charge in [-0.3, -0.25) is 0 Å². The molecule has 0 spiro atoms. The van der Waals surface area contributed by atoms with E-state index in [1.54, 1.807) is 19.1 Å². The predicted molar refractivity (Wildman–Crippen MR) is 78.6 cm³/mol. The highest BCUT2D eigenvalue weighted by atomic mass is 79.9. The van der Waals surface area contributed by atoms with Crippen molar-refractivity contribution in [2.45, 2.75) is 25.9 Å². The van der Waals surface area contributed by atoms with Gasteiger partial charge in [-0.15, -0.1) is 0 Å². The number of rotatable bonds is 3. The summed E-state index contributed by atoms with van der Waals surface area (Å²) in [5.74, 6) is -0.304. The molecule has 1 nitrogen and oxygen atoms in total. The van der Waals surface area contributed by atoms with Gasteiger partial charge in [-0.25, -0.2) is 4.39 Å². The molecule has 3 heteroatoms. The van der Waals surface area contributed by atoms with Crippen molar-refractivity contribution in [3.8, 4) is 0 Å². The Bertz CT molecular complexity index is 576. The smallest absolute Gasteiger partial charge is 0.127 e. The average molecular weight is 323 g/mol. The fraction of sp³-hybridized carbons (Fsp3) is 0.250. The third-order valence-corrected chi connectivity index (χ3v) is 3.72. The van der Waals surface area contributed by atoms with E-state index in [1.165, 1.54) is 6.07 Å². The number of hydrogen-bond acceptors (Lipinski definition) is 1. The SMILES string of the molecule is Cc1ccc(C(C)(O)Cc2ccc(Br)cc2F)cc1. The Morgan fingerprint density at radius 3 is 2.37 bits per heavy atom. The van der Waals surface area contributed by atoms with Crippen LogP contribution in [0.25, 0.3) is 0 Å². The lowest BCUT2D eigenvalue weighted by atomic mass is 9.88. The molecule has 0 aliphatic rings. The summed E-state index contributed by atoms with van der Waals surface area (Å²) in [4.78, 5) is 0. The molecular formula is C16H16BrFO. The van der Waals surface area contributed by atoms with E-state index >= 15 is 0 Å². The van der Waals surface area contributed by atoms with Gasteiger partial charge in [0.15, 0.2) is 0 Å². The van der Waals surface area contributed by atoms with Crippen LogP contribution in [0.4, 0.5) is 4.39 Å². The van der Waals surface area contributed by atoms with Gasteiger partial charge in [-0.05, 0) is 37.1 Å². The largest absolute Gasteiger partial charge is 0.385 e. The fourth-order valence-electron chi connectivity index (χ4n) is 2.05. The Labute approximate surface area is 121 Å². The summed E-state index contributed by atoms with van der Waals surface area (Å²) in [6, 6.07) is 12.5. The Morgan fingerprint density at radius 2 is 1.79 bits per heavy atom. The Morgan fingerprint density at radius 1 is 1.16 bits per heavy atom. The molecule has 19 heavy (non-hydrogen) atoms. The Hall–Kier alpha value is -1.19. The first-order valence-corrected chi connectivity index (χ1v) is 6.91. The molecule has 2 aromatic carbocycles. The molecular weight excluding hydrogens is 307 g/mol. The van der Waals surface area contributed by atoms with Crippen LogP contribution in [0.3, 0.4) is 0 Å². The zero-order chi connectivity index (χ0) is 14.0. The van der Waals surface area contributed by atoms with E-state index in [-0.39, 0.29) is 12.2 Å². The number of aliphatic hydroxyl groups is 1. The number of benzene rings is 2. The summed E-state index contributed by atoms with van der Waals surface area (Å²) in [7, 11) is 0. The van der Waals surface area contributed by atoms with E-state index < -0.39 is 5.60 Å². The molecule has 0 radical (unpaired) electrons. The van der Waals surface area contributed by atoms with Crippen molar-refractivity contribution in [3.63, 3.8) is 0 Å². The molecule has 2 aromatic rings. The van der Waals surface area contributed by atoms with Crippen LogP contribution < -0.4 is 0 Å². The van der Waals surface area contributed by atoms with Crippen LogP contribution >= 0.6 is 15.9 Å². The van der Waals surface area contributed by atoms with Gasteiger partial charge in [0.25, 0.3) is 0 Å². The summed E-state index contributed by atoms with van der Waals surface area (Å²) < 4.78 is 14.5. The second-order valence-electron chi connectivity index (χ2n) is 5.05. The molecule has 2 rings (SSSR count). The zero-order valence-corrected chi connectivity index (χ0v) is 12.5. The van der Waals surface area contributed by atoms with Gasteiger partial charge >= 0.3 is 0 Å². The molecule has 1 unspecified atom stereocenters. The molecule has 0 amide bonds. The molecule has 1 N–H and O–H groups in total. The minimum atomic E-state index is -1.08. The molecule has 0 saturated carbocycles. The fourth-order valence-corrected chi connectivity index (χ4v) is 2.38. The van der Waals surface area contributed by atoms with Crippen LogP contribution in [0.2, 0.25) is 0 Å². The third-order valence-electron chi connectivity index (χ3n) is 3.22. The molecule has 0 bridgehead atoms. The molecule has 0 saturated heterocycles. The summed E-state index contributed by atoms with van der Waals surface area (Å²) >= 11 is 3.23. The lowest BCUT2D eigenvalue weighted by Gasteiger charge is -2.24. The summed E-state index contributed by atoms with van der Waals surface area (Å²) in [5.41, 5.74) is 1.35. The Balaban J connectivity index is 2.27. The second-order valence-corrected chi connectivity index (χ2v) is 5.97. The standard InChI is InChI=1S/C16H16BrFO/c1-11-3-6-13(7-4-11)16(2,19)10-12-5-8-14(17)9-15(12)18/h3-9,19H,10H2,1-2H3. The van der Waals surface area contributed by atoms with E-state index in [2.05, 4.69) is 15.9 Å². The maximum absolute atomic E-state index is 13.8. The summed E-state index contributed by atoms with van der Waals surface area (Å²) in [6.07, 6.45) is 0.245. The van der Waals surface area contributed by atoms with Crippen molar-refractivity contribution < 1.29 is 9.50 Å². The number of halogens is 2. The maximum atomic E-state index is 13.8. The first kappa shape index (κ1) is 14.2. The topological polar surface area (TPSA) is 20.2 Å². The molecule has 0 aliphatic heterocycles. The van der Waals surface area contributed by atoms with Crippen molar-refractivity contribution in [2.75, 3.05) is 0 Å². The summed E-state index contributed by atoms with van der Waals surface area (Å²) in [6.45, 7) is 3.70. The molecule has 0 heterocycles. The van der Waals surface area contributed by atoms with Gasteiger partial charge in [-0.1, -0.05) is 51.8 Å². The number of aryl methyl sites for hydroxylation is 1. The van der Waals surface area contributed by atoms with Gasteiger partial charge < -0.3 is 5.11 Å². The van der Waals surface area contributed by atoms with E-state index in [1.807, 2.05) is 31.2 Å². The van der Waals surface area contributed by atoms with Crippen LogP contribution in [-0.4, -0.2) is 5.11 Å². The van der Waals surface area contributed by atoms with Crippen LogP contribution in [-0.2, 0) is 12.0 Å². The molecule has 0 aliphatic carbocycles. The molecule has 0 aromatic heterocycles. The van der Waals surface area contributed by atoms with Gasteiger partial charge in [0, 0.05) is 10.9 Å². The van der Waals surface area contributed by atoms with E-state index in [0.717, 1.165) is 11.1 Å².